The minimum Gasteiger partial charge on any atom is -0.465 e. The second-order valence-corrected chi connectivity index (χ2v) is 3.86. The molecule has 0 amide bonds. The molecule has 14 heavy (non-hydrogen) atoms. The molecule has 3 nitrogen and oxygen atoms in total. The first-order valence-electron chi connectivity index (χ1n) is 5.21. The summed E-state index contributed by atoms with van der Waals surface area (Å²) in [5, 5.41) is 3.12. The van der Waals surface area contributed by atoms with Crippen LogP contribution >= 0.6 is 0 Å². The van der Waals surface area contributed by atoms with E-state index in [2.05, 4.69) is 25.2 Å². The maximum absolute atomic E-state index is 11.2. The normalized spacial score (nSPS) is 24.2. The SMILES string of the molecule is CCOC(=O)C1NC1CCC=C(C)C. The molecule has 1 N–H and O–H groups in total. The van der Waals surface area contributed by atoms with Gasteiger partial charge in [-0.3, -0.25) is 10.1 Å². The quantitative estimate of drug-likeness (QED) is 0.414. The minimum absolute atomic E-state index is 0.0412. The molecule has 0 aromatic carbocycles. The zero-order valence-electron chi connectivity index (χ0n) is 9.17. The Morgan fingerprint density at radius 2 is 2.21 bits per heavy atom. The molecule has 3 heteroatoms. The van der Waals surface area contributed by atoms with Crippen LogP contribution in [0.25, 0.3) is 0 Å². The molecule has 2 unspecified atom stereocenters. The molecule has 0 aromatic rings. The van der Waals surface area contributed by atoms with E-state index in [1.807, 2.05) is 6.92 Å². The Balaban J connectivity index is 2.14. The van der Waals surface area contributed by atoms with Crippen molar-refractivity contribution in [1.82, 2.24) is 5.32 Å². The van der Waals surface area contributed by atoms with Crippen molar-refractivity contribution in [2.24, 2.45) is 0 Å². The monoisotopic (exact) mass is 197 g/mol. The Hall–Kier alpha value is -0.830. The minimum atomic E-state index is -0.102. The standard InChI is InChI=1S/C11H19NO2/c1-4-14-11(13)10-9(12-10)7-5-6-8(2)3/h6,9-10,12H,4-5,7H2,1-3H3. The lowest BCUT2D eigenvalue weighted by Gasteiger charge is -1.97. The van der Waals surface area contributed by atoms with Gasteiger partial charge in [-0.25, -0.2) is 0 Å². The number of esters is 1. The Labute approximate surface area is 85.5 Å². The van der Waals surface area contributed by atoms with Gasteiger partial charge in [0.1, 0.15) is 6.04 Å². The summed E-state index contributed by atoms with van der Waals surface area (Å²) in [6.07, 6.45) is 4.26. The van der Waals surface area contributed by atoms with Crippen molar-refractivity contribution in [3.05, 3.63) is 11.6 Å². The molecule has 80 valence electrons. The fourth-order valence-corrected chi connectivity index (χ4v) is 1.44. The first-order chi connectivity index (χ1) is 6.65. The van der Waals surface area contributed by atoms with Gasteiger partial charge in [0.25, 0.3) is 0 Å². The second kappa shape index (κ2) is 5.15. The predicted molar refractivity (Wildman–Crippen MR) is 56.0 cm³/mol. The van der Waals surface area contributed by atoms with Crippen LogP contribution in [0.1, 0.15) is 33.6 Å². The van der Waals surface area contributed by atoms with Crippen LogP contribution in [0.5, 0.6) is 0 Å². The third-order valence-corrected chi connectivity index (χ3v) is 2.26. The molecule has 1 aliphatic heterocycles. The maximum Gasteiger partial charge on any atom is 0.324 e. The Morgan fingerprint density at radius 3 is 2.79 bits per heavy atom. The highest BCUT2D eigenvalue weighted by atomic mass is 16.5. The van der Waals surface area contributed by atoms with Gasteiger partial charge in [0.15, 0.2) is 0 Å². The fourth-order valence-electron chi connectivity index (χ4n) is 1.44. The van der Waals surface area contributed by atoms with E-state index in [1.54, 1.807) is 0 Å². The molecule has 0 aliphatic carbocycles. The third-order valence-electron chi connectivity index (χ3n) is 2.26. The molecule has 1 heterocycles. The number of nitrogens with one attached hydrogen (secondary N) is 1. The summed E-state index contributed by atoms with van der Waals surface area (Å²) in [6.45, 7) is 6.47. The molecule has 1 aliphatic rings. The van der Waals surface area contributed by atoms with Crippen molar-refractivity contribution in [2.75, 3.05) is 6.61 Å². The first kappa shape index (κ1) is 11.2. The van der Waals surface area contributed by atoms with E-state index in [4.69, 9.17) is 4.74 Å². The molecule has 0 spiro atoms. The first-order valence-corrected chi connectivity index (χ1v) is 5.21. The molecule has 0 radical (unpaired) electrons. The van der Waals surface area contributed by atoms with Gasteiger partial charge in [-0.2, -0.15) is 0 Å². The number of rotatable bonds is 5. The van der Waals surface area contributed by atoms with Gasteiger partial charge < -0.3 is 4.74 Å². The van der Waals surface area contributed by atoms with E-state index in [1.165, 1.54) is 5.57 Å². The smallest absolute Gasteiger partial charge is 0.324 e. The van der Waals surface area contributed by atoms with Crippen LogP contribution in [0.15, 0.2) is 11.6 Å². The molecule has 0 bridgehead atoms. The van der Waals surface area contributed by atoms with Crippen LogP contribution in [0.3, 0.4) is 0 Å². The molecule has 1 rings (SSSR count). The van der Waals surface area contributed by atoms with Gasteiger partial charge in [-0.05, 0) is 33.6 Å². The van der Waals surface area contributed by atoms with Crippen LogP contribution < -0.4 is 5.32 Å². The summed E-state index contributed by atoms with van der Waals surface area (Å²) in [6, 6.07) is 0.296. The molecule has 0 saturated carbocycles. The summed E-state index contributed by atoms with van der Waals surface area (Å²) < 4.78 is 4.91. The van der Waals surface area contributed by atoms with Crippen molar-refractivity contribution in [3.63, 3.8) is 0 Å². The highest BCUT2D eigenvalue weighted by molar-refractivity contribution is 5.80. The van der Waals surface area contributed by atoms with E-state index >= 15 is 0 Å². The summed E-state index contributed by atoms with van der Waals surface area (Å²) >= 11 is 0. The average molecular weight is 197 g/mol. The zero-order valence-corrected chi connectivity index (χ0v) is 9.17. The highest BCUT2D eigenvalue weighted by Crippen LogP contribution is 2.18. The summed E-state index contributed by atoms with van der Waals surface area (Å²) in [5.74, 6) is -0.102. The third kappa shape index (κ3) is 3.50. The molecular weight excluding hydrogens is 178 g/mol. The van der Waals surface area contributed by atoms with Crippen LogP contribution in [-0.2, 0) is 9.53 Å². The van der Waals surface area contributed by atoms with Gasteiger partial charge in [0.05, 0.1) is 6.61 Å². The molecule has 1 saturated heterocycles. The lowest BCUT2D eigenvalue weighted by atomic mass is 10.1. The van der Waals surface area contributed by atoms with Crippen molar-refractivity contribution in [1.29, 1.82) is 0 Å². The van der Waals surface area contributed by atoms with Gasteiger partial charge in [-0.15, -0.1) is 0 Å². The van der Waals surface area contributed by atoms with E-state index in [0.717, 1.165) is 12.8 Å². The van der Waals surface area contributed by atoms with Crippen molar-refractivity contribution in [2.45, 2.75) is 45.7 Å². The summed E-state index contributed by atoms with van der Waals surface area (Å²) in [4.78, 5) is 11.2. The lowest BCUT2D eigenvalue weighted by Crippen LogP contribution is -2.14. The van der Waals surface area contributed by atoms with E-state index < -0.39 is 0 Å². The van der Waals surface area contributed by atoms with Crippen molar-refractivity contribution >= 4 is 5.97 Å². The largest absolute Gasteiger partial charge is 0.465 e. The number of allylic oxidation sites excluding steroid dienone is 2. The van der Waals surface area contributed by atoms with E-state index in [0.29, 0.717) is 12.6 Å². The number of carbonyl (C=O) groups is 1. The van der Waals surface area contributed by atoms with Crippen LogP contribution in [-0.4, -0.2) is 24.7 Å². The van der Waals surface area contributed by atoms with Gasteiger partial charge in [0.2, 0.25) is 0 Å². The van der Waals surface area contributed by atoms with E-state index in [9.17, 15) is 4.79 Å². The molecule has 2 atom stereocenters. The predicted octanol–water partition coefficient (Wildman–Crippen LogP) is 1.64. The average Bonchev–Trinajstić information content (AvgIpc) is 2.84. The fraction of sp³-hybridized carbons (Fsp3) is 0.727. The topological polar surface area (TPSA) is 48.2 Å². The van der Waals surface area contributed by atoms with Crippen LogP contribution in [0.2, 0.25) is 0 Å². The van der Waals surface area contributed by atoms with Crippen molar-refractivity contribution in [3.8, 4) is 0 Å². The van der Waals surface area contributed by atoms with Gasteiger partial charge in [0, 0.05) is 6.04 Å². The Kier molecular flexibility index (Phi) is 4.14. The lowest BCUT2D eigenvalue weighted by molar-refractivity contribution is -0.142. The van der Waals surface area contributed by atoms with Crippen LogP contribution in [0.4, 0.5) is 0 Å². The highest BCUT2D eigenvalue weighted by Gasteiger charge is 2.42. The maximum atomic E-state index is 11.2. The molecular formula is C11H19NO2. The number of hydrogen-bond acceptors (Lipinski definition) is 3. The Bertz CT molecular complexity index is 231. The second-order valence-electron chi connectivity index (χ2n) is 3.86. The van der Waals surface area contributed by atoms with Gasteiger partial charge in [-0.1, -0.05) is 11.6 Å². The number of ether oxygens (including phenoxy) is 1. The number of hydrogen-bond donors (Lipinski definition) is 1. The van der Waals surface area contributed by atoms with Crippen LogP contribution in [0, 0.1) is 0 Å². The summed E-state index contributed by atoms with van der Waals surface area (Å²) in [7, 11) is 0. The number of carbonyl (C=O) groups excluding carboxylic acids is 1. The molecule has 0 aromatic heterocycles. The zero-order chi connectivity index (χ0) is 10.6. The van der Waals surface area contributed by atoms with Crippen molar-refractivity contribution < 1.29 is 9.53 Å². The Morgan fingerprint density at radius 1 is 1.50 bits per heavy atom. The van der Waals surface area contributed by atoms with E-state index in [-0.39, 0.29) is 12.0 Å². The van der Waals surface area contributed by atoms with Gasteiger partial charge >= 0.3 is 5.97 Å². The molecule has 1 fully saturated rings. The summed E-state index contributed by atoms with van der Waals surface area (Å²) in [5.41, 5.74) is 1.33.